The lowest BCUT2D eigenvalue weighted by Gasteiger charge is -2.08. The van der Waals surface area contributed by atoms with E-state index in [9.17, 15) is 4.39 Å². The molecule has 0 fully saturated rings. The Kier molecular flexibility index (Phi) is 3.76. The summed E-state index contributed by atoms with van der Waals surface area (Å²) in [4.78, 5) is 0. The summed E-state index contributed by atoms with van der Waals surface area (Å²) >= 11 is 5.65. The fraction of sp³-hybridized carbons (Fsp3) is 0.200. The van der Waals surface area contributed by atoms with E-state index >= 15 is 0 Å². The van der Waals surface area contributed by atoms with E-state index in [0.717, 1.165) is 22.6 Å². The fourth-order valence-corrected chi connectivity index (χ4v) is 2.24. The molecule has 0 amide bonds. The molecule has 3 rings (SSSR count). The number of hydrogen-bond acceptors (Lipinski definition) is 3. The normalized spacial score (nSPS) is 12.7. The van der Waals surface area contributed by atoms with Crippen LogP contribution in [0.15, 0.2) is 36.4 Å². The van der Waals surface area contributed by atoms with E-state index in [4.69, 9.17) is 21.1 Å². The number of rotatable bonds is 4. The van der Waals surface area contributed by atoms with Gasteiger partial charge in [-0.3, -0.25) is 0 Å². The third-order valence-electron chi connectivity index (χ3n) is 3.11. The van der Waals surface area contributed by atoms with Crippen molar-refractivity contribution in [1.82, 2.24) is 5.32 Å². The van der Waals surface area contributed by atoms with Crippen molar-refractivity contribution in [2.24, 2.45) is 0 Å². The molecule has 0 aromatic heterocycles. The van der Waals surface area contributed by atoms with Crippen LogP contribution < -0.4 is 14.8 Å². The Labute approximate surface area is 121 Å². The lowest BCUT2D eigenvalue weighted by Crippen LogP contribution is -2.13. The van der Waals surface area contributed by atoms with E-state index in [2.05, 4.69) is 5.32 Å². The summed E-state index contributed by atoms with van der Waals surface area (Å²) in [6.07, 6.45) is 0. The van der Waals surface area contributed by atoms with Crippen LogP contribution in [0.3, 0.4) is 0 Å². The Morgan fingerprint density at radius 2 is 2.05 bits per heavy atom. The number of fused-ring (bicyclic) bond motifs is 1. The van der Waals surface area contributed by atoms with Gasteiger partial charge in [0.1, 0.15) is 5.82 Å². The summed E-state index contributed by atoms with van der Waals surface area (Å²) in [5.41, 5.74) is 1.87. The Hall–Kier alpha value is -1.78. The van der Waals surface area contributed by atoms with Gasteiger partial charge in [0.2, 0.25) is 6.79 Å². The molecule has 1 heterocycles. The first-order chi connectivity index (χ1) is 9.74. The summed E-state index contributed by atoms with van der Waals surface area (Å²) in [6, 6.07) is 10.6. The molecule has 0 saturated heterocycles. The zero-order valence-corrected chi connectivity index (χ0v) is 11.4. The van der Waals surface area contributed by atoms with Crippen LogP contribution in [-0.2, 0) is 13.1 Å². The topological polar surface area (TPSA) is 30.5 Å². The summed E-state index contributed by atoms with van der Waals surface area (Å²) in [5.74, 6) is 1.15. The number of halogens is 2. The molecule has 0 bridgehead atoms. The second kappa shape index (κ2) is 5.69. The van der Waals surface area contributed by atoms with Crippen LogP contribution >= 0.6 is 11.6 Å². The molecule has 104 valence electrons. The number of nitrogens with one attached hydrogen (secondary N) is 1. The molecule has 0 radical (unpaired) electrons. The molecular weight excluding hydrogens is 281 g/mol. The van der Waals surface area contributed by atoms with Gasteiger partial charge in [0.25, 0.3) is 0 Å². The standard InChI is InChI=1S/C15H13ClFNO2/c16-12-5-4-10(6-13(12)17)7-18-8-11-2-1-3-14-15(11)20-9-19-14/h1-6,18H,7-9H2. The fourth-order valence-electron chi connectivity index (χ4n) is 2.12. The van der Waals surface area contributed by atoms with Crippen LogP contribution in [0.4, 0.5) is 4.39 Å². The average Bonchev–Trinajstić information content (AvgIpc) is 2.92. The van der Waals surface area contributed by atoms with Gasteiger partial charge in [-0.05, 0) is 23.8 Å². The summed E-state index contributed by atoms with van der Waals surface area (Å²) in [6.45, 7) is 1.43. The van der Waals surface area contributed by atoms with Gasteiger partial charge < -0.3 is 14.8 Å². The highest BCUT2D eigenvalue weighted by Crippen LogP contribution is 2.35. The minimum Gasteiger partial charge on any atom is -0.454 e. The summed E-state index contributed by atoms with van der Waals surface area (Å²) in [7, 11) is 0. The molecular formula is C15H13ClFNO2. The highest BCUT2D eigenvalue weighted by atomic mass is 35.5. The second-order valence-electron chi connectivity index (χ2n) is 4.50. The molecule has 0 saturated carbocycles. The van der Waals surface area contributed by atoms with Crippen molar-refractivity contribution < 1.29 is 13.9 Å². The van der Waals surface area contributed by atoms with Crippen molar-refractivity contribution in [3.05, 3.63) is 58.4 Å². The van der Waals surface area contributed by atoms with Crippen LogP contribution in [0.2, 0.25) is 5.02 Å². The molecule has 3 nitrogen and oxygen atoms in total. The lowest BCUT2D eigenvalue weighted by atomic mass is 10.1. The summed E-state index contributed by atoms with van der Waals surface area (Å²) < 4.78 is 24.1. The Morgan fingerprint density at radius 1 is 1.15 bits per heavy atom. The monoisotopic (exact) mass is 293 g/mol. The van der Waals surface area contributed by atoms with Gasteiger partial charge in [0.05, 0.1) is 5.02 Å². The van der Waals surface area contributed by atoms with Gasteiger partial charge in [0, 0.05) is 18.7 Å². The second-order valence-corrected chi connectivity index (χ2v) is 4.91. The lowest BCUT2D eigenvalue weighted by molar-refractivity contribution is 0.173. The van der Waals surface area contributed by atoms with Gasteiger partial charge in [-0.25, -0.2) is 4.39 Å². The molecule has 2 aromatic rings. The number of ether oxygens (including phenoxy) is 2. The first kappa shape index (κ1) is 13.2. The van der Waals surface area contributed by atoms with Crippen molar-refractivity contribution in [2.45, 2.75) is 13.1 Å². The van der Waals surface area contributed by atoms with E-state index in [1.54, 1.807) is 12.1 Å². The molecule has 2 aromatic carbocycles. The maximum Gasteiger partial charge on any atom is 0.231 e. The number of hydrogen-bond donors (Lipinski definition) is 1. The SMILES string of the molecule is Fc1cc(CNCc2cccc3c2OCO3)ccc1Cl. The van der Waals surface area contributed by atoms with E-state index < -0.39 is 5.82 Å². The largest absolute Gasteiger partial charge is 0.454 e. The predicted molar refractivity (Wildman–Crippen MR) is 74.5 cm³/mol. The molecule has 0 aliphatic carbocycles. The molecule has 1 aliphatic rings. The van der Waals surface area contributed by atoms with Gasteiger partial charge in [-0.1, -0.05) is 29.8 Å². The molecule has 20 heavy (non-hydrogen) atoms. The van der Waals surface area contributed by atoms with Crippen molar-refractivity contribution in [3.63, 3.8) is 0 Å². The third-order valence-corrected chi connectivity index (χ3v) is 3.41. The van der Waals surface area contributed by atoms with Crippen LogP contribution in [0.25, 0.3) is 0 Å². The molecule has 0 atom stereocenters. The first-order valence-electron chi connectivity index (χ1n) is 6.26. The Bertz CT molecular complexity index is 633. The molecule has 0 spiro atoms. The van der Waals surface area contributed by atoms with Crippen molar-refractivity contribution >= 4 is 11.6 Å². The van der Waals surface area contributed by atoms with Crippen molar-refractivity contribution in [2.75, 3.05) is 6.79 Å². The van der Waals surface area contributed by atoms with Crippen molar-refractivity contribution in [1.29, 1.82) is 0 Å². The van der Waals surface area contributed by atoms with Crippen LogP contribution in [-0.4, -0.2) is 6.79 Å². The molecule has 5 heteroatoms. The van der Waals surface area contributed by atoms with Gasteiger partial charge in [-0.2, -0.15) is 0 Å². The van der Waals surface area contributed by atoms with Gasteiger partial charge >= 0.3 is 0 Å². The minimum absolute atomic E-state index is 0.139. The van der Waals surface area contributed by atoms with Crippen LogP contribution in [0.5, 0.6) is 11.5 Å². The van der Waals surface area contributed by atoms with E-state index in [1.807, 2.05) is 18.2 Å². The third kappa shape index (κ3) is 2.71. The molecule has 1 N–H and O–H groups in total. The van der Waals surface area contributed by atoms with Gasteiger partial charge in [-0.15, -0.1) is 0 Å². The van der Waals surface area contributed by atoms with Gasteiger partial charge in [0.15, 0.2) is 11.5 Å². The maximum atomic E-state index is 13.3. The maximum absolute atomic E-state index is 13.3. The Morgan fingerprint density at radius 3 is 2.90 bits per heavy atom. The number of para-hydroxylation sites is 1. The van der Waals surface area contributed by atoms with E-state index in [1.165, 1.54) is 6.07 Å². The number of benzene rings is 2. The highest BCUT2D eigenvalue weighted by Gasteiger charge is 2.16. The Balaban J connectivity index is 1.63. The highest BCUT2D eigenvalue weighted by molar-refractivity contribution is 6.30. The zero-order chi connectivity index (χ0) is 13.9. The molecule has 1 aliphatic heterocycles. The molecule has 0 unspecified atom stereocenters. The first-order valence-corrected chi connectivity index (χ1v) is 6.64. The van der Waals surface area contributed by atoms with E-state index in [-0.39, 0.29) is 11.8 Å². The smallest absolute Gasteiger partial charge is 0.231 e. The minimum atomic E-state index is -0.400. The summed E-state index contributed by atoms with van der Waals surface area (Å²) in [5, 5.41) is 3.39. The van der Waals surface area contributed by atoms with Crippen molar-refractivity contribution in [3.8, 4) is 11.5 Å². The van der Waals surface area contributed by atoms with E-state index in [0.29, 0.717) is 13.1 Å². The average molecular weight is 294 g/mol. The predicted octanol–water partition coefficient (Wildman–Crippen LogP) is 3.50. The van der Waals surface area contributed by atoms with Crippen LogP contribution in [0.1, 0.15) is 11.1 Å². The van der Waals surface area contributed by atoms with Crippen LogP contribution in [0, 0.1) is 5.82 Å². The zero-order valence-electron chi connectivity index (χ0n) is 10.7. The quantitative estimate of drug-likeness (QED) is 0.936.